The minimum Gasteiger partial charge on any atom is -0.365 e. The Kier molecular flexibility index (Phi) is 6.95. The van der Waals surface area contributed by atoms with E-state index in [2.05, 4.69) is 12.2 Å². The molecule has 33 heavy (non-hydrogen) atoms. The predicted octanol–water partition coefficient (Wildman–Crippen LogP) is 4.92. The lowest BCUT2D eigenvalue weighted by Crippen LogP contribution is -2.29. The minimum atomic E-state index is -0.228. The van der Waals surface area contributed by atoms with Crippen LogP contribution in [-0.4, -0.2) is 31.1 Å². The highest BCUT2D eigenvalue weighted by Gasteiger charge is 2.32. The normalized spacial score (nSPS) is 15.1. The molecule has 2 aromatic heterocycles. The number of carbonyl (C=O) groups excluding carboxylic acids is 1. The van der Waals surface area contributed by atoms with Crippen LogP contribution in [-0.2, 0) is 11.3 Å². The first-order chi connectivity index (χ1) is 15.9. The Hall–Kier alpha value is -2.97. The molecule has 8 heteroatoms. The molecule has 3 aromatic rings. The van der Waals surface area contributed by atoms with E-state index in [0.717, 1.165) is 24.0 Å². The first-order valence-corrected chi connectivity index (χ1v) is 12.2. The van der Waals surface area contributed by atoms with Gasteiger partial charge in [0, 0.05) is 19.3 Å². The number of pyridine rings is 1. The number of hydrogen-bond donors (Lipinski definition) is 1. The Labute approximate surface area is 202 Å². The van der Waals surface area contributed by atoms with E-state index in [0.29, 0.717) is 39.3 Å². The fourth-order valence-corrected chi connectivity index (χ4v) is 4.90. The van der Waals surface area contributed by atoms with Gasteiger partial charge in [-0.25, -0.2) is 4.98 Å². The number of carbonyl (C=O) groups is 1. The third-order valence-corrected chi connectivity index (χ3v) is 6.93. The van der Waals surface area contributed by atoms with Crippen LogP contribution in [0, 0.1) is 13.8 Å². The molecule has 1 aromatic carbocycles. The van der Waals surface area contributed by atoms with E-state index in [4.69, 9.17) is 17.2 Å². The fraction of sp³-hybridized carbons (Fsp3) is 0.280. The summed E-state index contributed by atoms with van der Waals surface area (Å²) in [7, 11) is 0. The third kappa shape index (κ3) is 4.86. The molecule has 1 saturated heterocycles. The number of amides is 1. The standard InChI is InChI=1S/C25H26N4O2S2/c1-4-5-12-29-24(31)20(33-25(29)32)14-19-21(26-15-18-10-8-16(2)9-11-18)27-22-17(3)7-6-13-28(22)23(19)30/h6-11,13-14,26H,4-5,12,15H2,1-3H3/b20-14-. The number of nitrogens with zero attached hydrogens (tertiary/aromatic N) is 3. The van der Waals surface area contributed by atoms with Crippen molar-refractivity contribution in [1.82, 2.24) is 14.3 Å². The summed E-state index contributed by atoms with van der Waals surface area (Å²) >= 11 is 6.66. The van der Waals surface area contributed by atoms with E-state index in [9.17, 15) is 9.59 Å². The van der Waals surface area contributed by atoms with Crippen molar-refractivity contribution in [3.8, 4) is 0 Å². The molecule has 0 radical (unpaired) electrons. The molecule has 0 bridgehead atoms. The number of aromatic nitrogens is 2. The van der Waals surface area contributed by atoms with Crippen LogP contribution in [0.1, 0.15) is 42.0 Å². The molecule has 0 atom stereocenters. The largest absolute Gasteiger partial charge is 0.365 e. The van der Waals surface area contributed by atoms with Crippen LogP contribution in [0.2, 0.25) is 0 Å². The third-order valence-electron chi connectivity index (χ3n) is 5.55. The number of benzene rings is 1. The van der Waals surface area contributed by atoms with Crippen LogP contribution in [0.5, 0.6) is 0 Å². The van der Waals surface area contributed by atoms with E-state index in [1.807, 2.05) is 50.2 Å². The van der Waals surface area contributed by atoms with Crippen molar-refractivity contribution in [1.29, 1.82) is 0 Å². The topological polar surface area (TPSA) is 66.7 Å². The lowest BCUT2D eigenvalue weighted by molar-refractivity contribution is -0.122. The van der Waals surface area contributed by atoms with E-state index in [-0.39, 0.29) is 11.5 Å². The molecule has 0 unspecified atom stereocenters. The second-order valence-corrected chi connectivity index (χ2v) is 9.77. The van der Waals surface area contributed by atoms with Gasteiger partial charge in [-0.1, -0.05) is 73.2 Å². The average molecular weight is 479 g/mol. The zero-order chi connectivity index (χ0) is 23.5. The van der Waals surface area contributed by atoms with Gasteiger partial charge in [-0.05, 0) is 43.5 Å². The monoisotopic (exact) mass is 478 g/mol. The Morgan fingerprint density at radius 2 is 1.91 bits per heavy atom. The highest BCUT2D eigenvalue weighted by atomic mass is 32.2. The number of fused-ring (bicyclic) bond motifs is 1. The molecule has 170 valence electrons. The predicted molar refractivity (Wildman–Crippen MR) is 139 cm³/mol. The molecule has 0 spiro atoms. The van der Waals surface area contributed by atoms with E-state index in [1.54, 1.807) is 17.2 Å². The first-order valence-electron chi connectivity index (χ1n) is 11.0. The van der Waals surface area contributed by atoms with Crippen molar-refractivity contribution >= 4 is 51.7 Å². The van der Waals surface area contributed by atoms with E-state index in [1.165, 1.54) is 21.7 Å². The SMILES string of the molecule is CCCCN1C(=O)/C(=C/c2c(NCc3ccc(C)cc3)nc3c(C)cccn3c2=O)SC1=S. The summed E-state index contributed by atoms with van der Waals surface area (Å²) in [5.41, 5.74) is 3.86. The Bertz CT molecular complexity index is 1310. The van der Waals surface area contributed by atoms with Gasteiger partial charge in [-0.2, -0.15) is 0 Å². The van der Waals surface area contributed by atoms with Crippen molar-refractivity contribution in [2.75, 3.05) is 11.9 Å². The summed E-state index contributed by atoms with van der Waals surface area (Å²) in [6, 6.07) is 11.9. The van der Waals surface area contributed by atoms with Crippen LogP contribution >= 0.6 is 24.0 Å². The molecule has 1 amide bonds. The number of rotatable bonds is 7. The zero-order valence-corrected chi connectivity index (χ0v) is 20.6. The molecule has 1 N–H and O–H groups in total. The van der Waals surface area contributed by atoms with Crippen molar-refractivity contribution < 1.29 is 4.79 Å². The molecule has 1 fully saturated rings. The summed E-state index contributed by atoms with van der Waals surface area (Å²) in [5.74, 6) is 0.297. The van der Waals surface area contributed by atoms with Gasteiger partial charge in [0.15, 0.2) is 0 Å². The van der Waals surface area contributed by atoms with Crippen LogP contribution < -0.4 is 10.9 Å². The number of aryl methyl sites for hydroxylation is 2. The molecule has 1 aliphatic rings. The Morgan fingerprint density at radius 3 is 2.64 bits per heavy atom. The lowest BCUT2D eigenvalue weighted by atomic mass is 10.1. The van der Waals surface area contributed by atoms with Crippen molar-refractivity contribution in [2.45, 2.75) is 40.2 Å². The number of unbranched alkanes of at least 4 members (excludes halogenated alkanes) is 1. The van der Waals surface area contributed by atoms with Crippen LogP contribution in [0.15, 0.2) is 52.3 Å². The zero-order valence-electron chi connectivity index (χ0n) is 18.9. The molecule has 0 saturated carbocycles. The fourth-order valence-electron chi connectivity index (χ4n) is 3.61. The van der Waals surface area contributed by atoms with Gasteiger partial charge in [-0.15, -0.1) is 0 Å². The summed E-state index contributed by atoms with van der Waals surface area (Å²) in [6.45, 7) is 7.13. The Balaban J connectivity index is 1.76. The van der Waals surface area contributed by atoms with Gasteiger partial charge in [0.25, 0.3) is 11.5 Å². The number of thioether (sulfide) groups is 1. The first kappa shape index (κ1) is 23.2. The van der Waals surface area contributed by atoms with Crippen molar-refractivity contribution in [2.24, 2.45) is 0 Å². The van der Waals surface area contributed by atoms with Crippen LogP contribution in [0.3, 0.4) is 0 Å². The maximum Gasteiger partial charge on any atom is 0.267 e. The minimum absolute atomic E-state index is 0.156. The van der Waals surface area contributed by atoms with Gasteiger partial charge >= 0.3 is 0 Å². The summed E-state index contributed by atoms with van der Waals surface area (Å²) in [6.07, 6.45) is 5.18. The number of nitrogens with one attached hydrogen (secondary N) is 1. The second-order valence-electron chi connectivity index (χ2n) is 8.09. The summed E-state index contributed by atoms with van der Waals surface area (Å²) in [5, 5.41) is 3.32. The molecule has 6 nitrogen and oxygen atoms in total. The second kappa shape index (κ2) is 9.89. The van der Waals surface area contributed by atoms with Gasteiger partial charge in [-0.3, -0.25) is 18.9 Å². The van der Waals surface area contributed by atoms with Crippen molar-refractivity contribution in [3.63, 3.8) is 0 Å². The van der Waals surface area contributed by atoms with Gasteiger partial charge in [0.2, 0.25) is 0 Å². The molecule has 4 rings (SSSR count). The quantitative estimate of drug-likeness (QED) is 0.384. The molecule has 0 aliphatic carbocycles. The van der Waals surface area contributed by atoms with Gasteiger partial charge in [0.1, 0.15) is 15.8 Å². The average Bonchev–Trinajstić information content (AvgIpc) is 3.07. The number of thiocarbonyl (C=S) groups is 1. The van der Waals surface area contributed by atoms with Crippen molar-refractivity contribution in [3.05, 3.63) is 80.1 Å². The lowest BCUT2D eigenvalue weighted by Gasteiger charge is -2.13. The van der Waals surface area contributed by atoms with E-state index < -0.39 is 0 Å². The van der Waals surface area contributed by atoms with Gasteiger partial charge < -0.3 is 5.32 Å². The molecular formula is C25H26N4O2S2. The highest BCUT2D eigenvalue weighted by Crippen LogP contribution is 2.33. The molecular weight excluding hydrogens is 452 g/mol. The maximum atomic E-state index is 13.5. The Morgan fingerprint density at radius 1 is 1.15 bits per heavy atom. The van der Waals surface area contributed by atoms with Crippen LogP contribution in [0.25, 0.3) is 11.7 Å². The summed E-state index contributed by atoms with van der Waals surface area (Å²) < 4.78 is 2.05. The molecule has 1 aliphatic heterocycles. The maximum absolute atomic E-state index is 13.5. The smallest absolute Gasteiger partial charge is 0.267 e. The summed E-state index contributed by atoms with van der Waals surface area (Å²) in [4.78, 5) is 33.3. The van der Waals surface area contributed by atoms with Gasteiger partial charge in [0.05, 0.1) is 10.5 Å². The van der Waals surface area contributed by atoms with Crippen LogP contribution in [0.4, 0.5) is 5.82 Å². The highest BCUT2D eigenvalue weighted by molar-refractivity contribution is 8.26. The number of hydrogen-bond acceptors (Lipinski definition) is 6. The van der Waals surface area contributed by atoms with E-state index >= 15 is 0 Å². The molecule has 3 heterocycles. The number of anilines is 1.